The van der Waals surface area contributed by atoms with E-state index in [9.17, 15) is 9.59 Å². The maximum Gasteiger partial charge on any atom is 0.338 e. The molecule has 0 atom stereocenters. The van der Waals surface area contributed by atoms with Gasteiger partial charge in [0.1, 0.15) is 0 Å². The highest BCUT2D eigenvalue weighted by Crippen LogP contribution is 2.48. The highest BCUT2D eigenvalue weighted by atomic mass is 16.5. The van der Waals surface area contributed by atoms with Crippen molar-refractivity contribution in [3.63, 3.8) is 0 Å². The average Bonchev–Trinajstić information content (AvgIpc) is 2.95. The molecule has 0 N–H and O–H groups in total. The maximum absolute atomic E-state index is 12.1. The van der Waals surface area contributed by atoms with Crippen molar-refractivity contribution in [3.05, 3.63) is 59.7 Å². The number of rotatable bonds is 2. The van der Waals surface area contributed by atoms with Gasteiger partial charge in [-0.25, -0.2) is 9.59 Å². The summed E-state index contributed by atoms with van der Waals surface area (Å²) in [6, 6.07) is 15.6. The summed E-state index contributed by atoms with van der Waals surface area (Å²) in [6.45, 7) is 0. The molecule has 0 saturated carbocycles. The molecule has 0 amide bonds. The molecule has 118 valence electrons. The molecule has 0 aromatic heterocycles. The fourth-order valence-corrected chi connectivity index (χ4v) is 3.39. The largest absolute Gasteiger partial charge is 0.465 e. The smallest absolute Gasteiger partial charge is 0.338 e. The Bertz CT molecular complexity index is 940. The normalized spacial score (nSPS) is 11.2. The summed E-state index contributed by atoms with van der Waals surface area (Å²) in [7, 11) is 2.60. The quantitative estimate of drug-likeness (QED) is 0.523. The molecule has 0 saturated heterocycles. The van der Waals surface area contributed by atoms with E-state index < -0.39 is 11.9 Å². The summed E-state index contributed by atoms with van der Waals surface area (Å²) in [5.41, 5.74) is 4.39. The van der Waals surface area contributed by atoms with Crippen LogP contribution >= 0.6 is 0 Å². The van der Waals surface area contributed by atoms with E-state index in [0.29, 0.717) is 0 Å². The minimum absolute atomic E-state index is 0.216. The highest BCUT2D eigenvalue weighted by molar-refractivity contribution is 6.17. The molecule has 3 aromatic rings. The molecule has 24 heavy (non-hydrogen) atoms. The van der Waals surface area contributed by atoms with Crippen LogP contribution in [0.25, 0.3) is 33.0 Å². The van der Waals surface area contributed by atoms with Crippen molar-refractivity contribution < 1.29 is 19.1 Å². The van der Waals surface area contributed by atoms with Crippen molar-refractivity contribution in [3.8, 4) is 22.3 Å². The highest BCUT2D eigenvalue weighted by Gasteiger charge is 2.27. The predicted molar refractivity (Wildman–Crippen MR) is 91.1 cm³/mol. The maximum atomic E-state index is 12.1. The van der Waals surface area contributed by atoms with Gasteiger partial charge in [-0.15, -0.1) is 0 Å². The summed E-state index contributed by atoms with van der Waals surface area (Å²) >= 11 is 0. The monoisotopic (exact) mass is 318 g/mol. The van der Waals surface area contributed by atoms with Gasteiger partial charge in [-0.2, -0.15) is 0 Å². The molecule has 0 radical (unpaired) electrons. The van der Waals surface area contributed by atoms with Crippen LogP contribution in [-0.2, 0) is 9.47 Å². The van der Waals surface area contributed by atoms with Crippen LogP contribution in [0.5, 0.6) is 0 Å². The van der Waals surface area contributed by atoms with Crippen LogP contribution in [0.4, 0.5) is 0 Å². The van der Waals surface area contributed by atoms with E-state index in [-0.39, 0.29) is 11.1 Å². The van der Waals surface area contributed by atoms with Gasteiger partial charge in [-0.1, -0.05) is 36.4 Å². The third-order valence-corrected chi connectivity index (χ3v) is 4.45. The molecular weight excluding hydrogens is 304 g/mol. The molecule has 4 rings (SSSR count). The van der Waals surface area contributed by atoms with E-state index in [1.165, 1.54) is 14.2 Å². The second-order valence-electron chi connectivity index (χ2n) is 5.64. The summed E-state index contributed by atoms with van der Waals surface area (Å²) in [4.78, 5) is 24.3. The molecule has 3 aromatic carbocycles. The zero-order valence-corrected chi connectivity index (χ0v) is 13.3. The number of ether oxygens (including phenoxy) is 2. The van der Waals surface area contributed by atoms with Crippen LogP contribution in [0.3, 0.4) is 0 Å². The Balaban J connectivity index is 2.08. The molecular formula is C20H14O4. The second-order valence-corrected chi connectivity index (χ2v) is 5.64. The van der Waals surface area contributed by atoms with Crippen molar-refractivity contribution in [1.29, 1.82) is 0 Å². The zero-order valence-electron chi connectivity index (χ0n) is 13.3. The van der Waals surface area contributed by atoms with Gasteiger partial charge in [-0.3, -0.25) is 0 Å². The Morgan fingerprint density at radius 1 is 0.708 bits per heavy atom. The van der Waals surface area contributed by atoms with Crippen molar-refractivity contribution in [2.45, 2.75) is 0 Å². The average molecular weight is 318 g/mol. The third kappa shape index (κ3) is 1.86. The van der Waals surface area contributed by atoms with Gasteiger partial charge in [0.2, 0.25) is 0 Å². The summed E-state index contributed by atoms with van der Waals surface area (Å²) in [5, 5.41) is 2.26. The lowest BCUT2D eigenvalue weighted by Crippen LogP contribution is -2.12. The number of fused-ring (bicyclic) bond motifs is 3. The molecule has 4 heteroatoms. The lowest BCUT2D eigenvalue weighted by atomic mass is 9.96. The van der Waals surface area contributed by atoms with Gasteiger partial charge < -0.3 is 9.47 Å². The topological polar surface area (TPSA) is 52.6 Å². The Hall–Kier alpha value is -3.14. The van der Waals surface area contributed by atoms with E-state index in [0.717, 1.165) is 33.0 Å². The number of methoxy groups -OCH3 is 2. The van der Waals surface area contributed by atoms with Crippen LogP contribution in [0.1, 0.15) is 20.7 Å². The minimum Gasteiger partial charge on any atom is -0.465 e. The molecule has 1 aliphatic carbocycles. The number of hydrogen-bond acceptors (Lipinski definition) is 4. The lowest BCUT2D eigenvalue weighted by Gasteiger charge is -2.10. The Labute approximate surface area is 138 Å². The van der Waals surface area contributed by atoms with Crippen molar-refractivity contribution in [2.24, 2.45) is 0 Å². The van der Waals surface area contributed by atoms with Gasteiger partial charge in [0.15, 0.2) is 0 Å². The Kier molecular flexibility index (Phi) is 3.13. The molecule has 0 heterocycles. The third-order valence-electron chi connectivity index (χ3n) is 4.45. The number of carbonyl (C=O) groups excluding carboxylic acids is 2. The molecule has 0 spiro atoms. The van der Waals surface area contributed by atoms with Crippen LogP contribution in [0.15, 0.2) is 48.5 Å². The summed E-state index contributed by atoms with van der Waals surface area (Å²) in [5.74, 6) is -1.11. The number of esters is 2. The van der Waals surface area contributed by atoms with Gasteiger partial charge in [0.25, 0.3) is 0 Å². The number of benzene rings is 3. The van der Waals surface area contributed by atoms with Crippen LogP contribution in [0, 0.1) is 0 Å². The Morgan fingerprint density at radius 3 is 1.58 bits per heavy atom. The van der Waals surface area contributed by atoms with Crippen molar-refractivity contribution in [1.82, 2.24) is 0 Å². The molecule has 0 aliphatic heterocycles. The zero-order chi connectivity index (χ0) is 16.8. The first-order chi connectivity index (χ1) is 11.7. The second kappa shape index (κ2) is 5.20. The standard InChI is InChI=1S/C20H14O4/c1-23-19(21)16-9-14-12-7-3-5-11-6-4-8-13(18(11)12)15(14)10-17(16)20(22)24-2/h3-10H,1-2H3. The summed E-state index contributed by atoms with van der Waals surface area (Å²) in [6.07, 6.45) is 0. The fraction of sp³-hybridized carbons (Fsp3) is 0.100. The van der Waals surface area contributed by atoms with Gasteiger partial charge in [-0.05, 0) is 45.2 Å². The lowest BCUT2D eigenvalue weighted by molar-refractivity contribution is 0.0555. The number of carbonyl (C=O) groups is 2. The summed E-state index contributed by atoms with van der Waals surface area (Å²) < 4.78 is 9.67. The molecule has 4 nitrogen and oxygen atoms in total. The van der Waals surface area contributed by atoms with E-state index >= 15 is 0 Å². The van der Waals surface area contributed by atoms with Crippen molar-refractivity contribution >= 4 is 22.7 Å². The molecule has 0 unspecified atom stereocenters. The van der Waals surface area contributed by atoms with E-state index in [1.54, 1.807) is 12.1 Å². The molecule has 0 fully saturated rings. The Morgan fingerprint density at radius 2 is 1.17 bits per heavy atom. The van der Waals surface area contributed by atoms with Crippen LogP contribution in [-0.4, -0.2) is 26.2 Å². The van der Waals surface area contributed by atoms with Gasteiger partial charge in [0.05, 0.1) is 25.3 Å². The first-order valence-electron chi connectivity index (χ1n) is 7.53. The minimum atomic E-state index is -0.554. The first-order valence-corrected chi connectivity index (χ1v) is 7.53. The van der Waals surface area contributed by atoms with E-state index in [1.807, 2.05) is 24.3 Å². The first kappa shape index (κ1) is 14.5. The number of hydrogen-bond donors (Lipinski definition) is 0. The molecule has 0 bridgehead atoms. The fourth-order valence-electron chi connectivity index (χ4n) is 3.39. The SMILES string of the molecule is COC(=O)c1cc2c(cc1C(=O)OC)-c1cccc3cccc-2c13. The predicted octanol–water partition coefficient (Wildman–Crippen LogP) is 4.06. The van der Waals surface area contributed by atoms with Gasteiger partial charge >= 0.3 is 11.9 Å². The van der Waals surface area contributed by atoms with Gasteiger partial charge in [0, 0.05) is 0 Å². The van der Waals surface area contributed by atoms with Crippen LogP contribution in [0.2, 0.25) is 0 Å². The van der Waals surface area contributed by atoms with E-state index in [4.69, 9.17) is 9.47 Å². The molecule has 1 aliphatic rings. The van der Waals surface area contributed by atoms with E-state index in [2.05, 4.69) is 12.1 Å². The van der Waals surface area contributed by atoms with Crippen LogP contribution < -0.4 is 0 Å². The van der Waals surface area contributed by atoms with Crippen molar-refractivity contribution in [2.75, 3.05) is 14.2 Å².